The van der Waals surface area contributed by atoms with Crippen LogP contribution in [-0.2, 0) is 11.3 Å². The van der Waals surface area contributed by atoms with E-state index < -0.39 is 17.8 Å². The molecule has 22 heavy (non-hydrogen) atoms. The predicted octanol–water partition coefficient (Wildman–Crippen LogP) is 2.84. The number of amides is 3. The molecular weight excluding hydrogens is 309 g/mol. The number of hydrogen-bond donors (Lipinski definition) is 0. The van der Waals surface area contributed by atoms with Gasteiger partial charge in [-0.3, -0.25) is 9.78 Å². The highest BCUT2D eigenvalue weighted by atomic mass is 35.5. The van der Waals surface area contributed by atoms with E-state index in [2.05, 4.69) is 4.98 Å². The number of aromatic nitrogens is 1. The number of anilines is 1. The molecule has 1 aromatic heterocycles. The van der Waals surface area contributed by atoms with Crippen LogP contribution in [0.5, 0.6) is 0 Å². The molecule has 0 unspecified atom stereocenters. The average Bonchev–Trinajstić information content (AvgIpc) is 2.76. The molecule has 3 amide bonds. The monoisotopic (exact) mass is 319 g/mol. The van der Waals surface area contributed by atoms with Gasteiger partial charge in [-0.25, -0.2) is 14.1 Å². The maximum absolute atomic E-state index is 13.2. The van der Waals surface area contributed by atoms with Crippen molar-refractivity contribution in [3.8, 4) is 0 Å². The molecule has 112 valence electrons. The number of halogens is 2. The highest BCUT2D eigenvalue weighted by Gasteiger charge is 2.37. The molecule has 0 saturated carbocycles. The van der Waals surface area contributed by atoms with Crippen LogP contribution in [0.4, 0.5) is 14.9 Å². The third-order valence-electron chi connectivity index (χ3n) is 3.27. The van der Waals surface area contributed by atoms with E-state index in [0.717, 1.165) is 22.7 Å². The second-order valence-corrected chi connectivity index (χ2v) is 5.29. The van der Waals surface area contributed by atoms with E-state index in [4.69, 9.17) is 11.6 Å². The zero-order chi connectivity index (χ0) is 15.7. The minimum absolute atomic E-state index is 0.0576. The lowest BCUT2D eigenvalue weighted by atomic mass is 10.2. The molecule has 1 aliphatic rings. The van der Waals surface area contributed by atoms with Crippen LogP contribution in [-0.4, -0.2) is 28.4 Å². The first-order valence-corrected chi connectivity index (χ1v) is 6.89. The Morgan fingerprint density at radius 2 is 1.91 bits per heavy atom. The quantitative estimate of drug-likeness (QED) is 0.817. The SMILES string of the molecule is O=C1CN(Cc2ccc(Cl)cc2)C(=O)N1c1cncc(F)c1. The van der Waals surface area contributed by atoms with Gasteiger partial charge in [-0.2, -0.15) is 0 Å². The number of rotatable bonds is 3. The molecule has 2 heterocycles. The van der Waals surface area contributed by atoms with Gasteiger partial charge in [0.05, 0.1) is 18.1 Å². The van der Waals surface area contributed by atoms with Crippen LogP contribution in [0, 0.1) is 5.82 Å². The average molecular weight is 320 g/mol. The van der Waals surface area contributed by atoms with Crippen molar-refractivity contribution in [3.05, 3.63) is 59.1 Å². The minimum Gasteiger partial charge on any atom is -0.310 e. The van der Waals surface area contributed by atoms with E-state index in [9.17, 15) is 14.0 Å². The molecule has 0 bridgehead atoms. The summed E-state index contributed by atoms with van der Waals surface area (Å²) in [6.45, 7) is 0.221. The van der Waals surface area contributed by atoms with Crippen LogP contribution < -0.4 is 4.90 Å². The fourth-order valence-electron chi connectivity index (χ4n) is 2.26. The number of carbonyl (C=O) groups excluding carboxylic acids is 2. The van der Waals surface area contributed by atoms with Crippen LogP contribution in [0.3, 0.4) is 0 Å². The van der Waals surface area contributed by atoms with E-state index in [-0.39, 0.29) is 18.8 Å². The highest BCUT2D eigenvalue weighted by Crippen LogP contribution is 2.22. The second-order valence-electron chi connectivity index (χ2n) is 4.86. The van der Waals surface area contributed by atoms with Crippen molar-refractivity contribution in [2.75, 3.05) is 11.4 Å². The molecule has 1 aliphatic heterocycles. The van der Waals surface area contributed by atoms with Gasteiger partial charge in [-0.15, -0.1) is 0 Å². The minimum atomic E-state index is -0.603. The van der Waals surface area contributed by atoms with Crippen LogP contribution >= 0.6 is 11.6 Å². The summed E-state index contributed by atoms with van der Waals surface area (Å²) >= 11 is 5.81. The Hall–Kier alpha value is -2.47. The first kappa shape index (κ1) is 14.5. The third kappa shape index (κ3) is 2.78. The van der Waals surface area contributed by atoms with Gasteiger partial charge in [0.2, 0.25) is 0 Å². The lowest BCUT2D eigenvalue weighted by Gasteiger charge is -2.17. The van der Waals surface area contributed by atoms with Crippen molar-refractivity contribution in [1.82, 2.24) is 9.88 Å². The predicted molar refractivity (Wildman–Crippen MR) is 78.9 cm³/mol. The van der Waals surface area contributed by atoms with Gasteiger partial charge in [0, 0.05) is 17.6 Å². The summed E-state index contributed by atoms with van der Waals surface area (Å²) in [5.74, 6) is -1.01. The van der Waals surface area contributed by atoms with E-state index in [1.807, 2.05) is 0 Å². The number of hydrogen-bond acceptors (Lipinski definition) is 3. The van der Waals surface area contributed by atoms with Gasteiger partial charge >= 0.3 is 6.03 Å². The number of benzene rings is 1. The van der Waals surface area contributed by atoms with Gasteiger partial charge in [-0.05, 0) is 17.7 Å². The van der Waals surface area contributed by atoms with Crippen LogP contribution in [0.15, 0.2) is 42.7 Å². The molecule has 5 nitrogen and oxygen atoms in total. The number of nitrogens with zero attached hydrogens (tertiary/aromatic N) is 3. The summed E-state index contributed by atoms with van der Waals surface area (Å²) in [6.07, 6.45) is 2.30. The molecule has 2 aromatic rings. The first-order valence-electron chi connectivity index (χ1n) is 6.51. The first-order chi connectivity index (χ1) is 10.5. The standard InChI is InChI=1S/C15H11ClFN3O2/c16-11-3-1-10(2-4-11)8-19-9-14(21)20(15(19)22)13-5-12(17)6-18-7-13/h1-7H,8-9H2. The summed E-state index contributed by atoms with van der Waals surface area (Å²) < 4.78 is 13.2. The van der Waals surface area contributed by atoms with Crippen molar-refractivity contribution >= 4 is 29.2 Å². The molecule has 0 aliphatic carbocycles. The fraction of sp³-hybridized carbons (Fsp3) is 0.133. The summed E-state index contributed by atoms with van der Waals surface area (Å²) in [5.41, 5.74) is 0.985. The van der Waals surface area contributed by atoms with E-state index >= 15 is 0 Å². The summed E-state index contributed by atoms with van der Waals surface area (Å²) in [5, 5.41) is 0.597. The maximum Gasteiger partial charge on any atom is 0.332 e. The Labute approximate surface area is 130 Å². The topological polar surface area (TPSA) is 53.5 Å². The Morgan fingerprint density at radius 1 is 1.18 bits per heavy atom. The zero-order valence-corrected chi connectivity index (χ0v) is 12.1. The normalized spacial score (nSPS) is 14.8. The van der Waals surface area contributed by atoms with Crippen molar-refractivity contribution in [2.45, 2.75) is 6.54 Å². The Balaban J connectivity index is 1.81. The Kier molecular flexibility index (Phi) is 3.77. The Morgan fingerprint density at radius 3 is 2.59 bits per heavy atom. The largest absolute Gasteiger partial charge is 0.332 e. The molecule has 1 saturated heterocycles. The number of urea groups is 1. The van der Waals surface area contributed by atoms with Gasteiger partial charge in [-0.1, -0.05) is 23.7 Å². The molecule has 0 spiro atoms. The van der Waals surface area contributed by atoms with Crippen molar-refractivity contribution < 1.29 is 14.0 Å². The molecule has 1 aromatic carbocycles. The smallest absolute Gasteiger partial charge is 0.310 e. The molecule has 7 heteroatoms. The van der Waals surface area contributed by atoms with Crippen LogP contribution in [0.2, 0.25) is 5.02 Å². The summed E-state index contributed by atoms with van der Waals surface area (Å²) in [7, 11) is 0. The molecule has 0 radical (unpaired) electrons. The van der Waals surface area contributed by atoms with Gasteiger partial charge in [0.15, 0.2) is 0 Å². The van der Waals surface area contributed by atoms with Crippen molar-refractivity contribution in [2.24, 2.45) is 0 Å². The molecule has 0 atom stereocenters. The Bertz CT molecular complexity index is 736. The van der Waals surface area contributed by atoms with Crippen LogP contribution in [0.25, 0.3) is 0 Å². The number of carbonyl (C=O) groups is 2. The van der Waals surface area contributed by atoms with Crippen LogP contribution in [0.1, 0.15) is 5.56 Å². The lowest BCUT2D eigenvalue weighted by molar-refractivity contribution is -0.116. The summed E-state index contributed by atoms with van der Waals surface area (Å²) in [6, 6.07) is 7.61. The number of pyridine rings is 1. The van der Waals surface area contributed by atoms with Gasteiger partial charge in [0.25, 0.3) is 5.91 Å². The van der Waals surface area contributed by atoms with Crippen molar-refractivity contribution in [3.63, 3.8) is 0 Å². The number of imide groups is 1. The van der Waals surface area contributed by atoms with E-state index in [1.165, 1.54) is 11.1 Å². The van der Waals surface area contributed by atoms with E-state index in [0.29, 0.717) is 5.02 Å². The maximum atomic E-state index is 13.2. The third-order valence-corrected chi connectivity index (χ3v) is 3.52. The summed E-state index contributed by atoms with van der Waals surface area (Å²) in [4.78, 5) is 30.4. The lowest BCUT2D eigenvalue weighted by Crippen LogP contribution is -2.32. The highest BCUT2D eigenvalue weighted by molar-refractivity contribution is 6.30. The second kappa shape index (κ2) is 5.73. The van der Waals surface area contributed by atoms with Gasteiger partial charge < -0.3 is 4.90 Å². The molecule has 1 fully saturated rings. The molecular formula is C15H11ClFN3O2. The molecule has 0 N–H and O–H groups in total. The molecule has 3 rings (SSSR count). The van der Waals surface area contributed by atoms with E-state index in [1.54, 1.807) is 24.3 Å². The van der Waals surface area contributed by atoms with Gasteiger partial charge in [0.1, 0.15) is 12.4 Å². The fourth-order valence-corrected chi connectivity index (χ4v) is 2.39. The van der Waals surface area contributed by atoms with Crippen molar-refractivity contribution in [1.29, 1.82) is 0 Å². The zero-order valence-electron chi connectivity index (χ0n) is 11.4.